The summed E-state index contributed by atoms with van der Waals surface area (Å²) in [5.74, 6) is 1.35. The molecule has 0 aromatic rings. The van der Waals surface area contributed by atoms with Crippen LogP contribution in [0.3, 0.4) is 0 Å². The maximum absolute atomic E-state index is 10.9. The van der Waals surface area contributed by atoms with Gasteiger partial charge in [-0.3, -0.25) is 0 Å². The molecule has 1 aliphatic carbocycles. The summed E-state index contributed by atoms with van der Waals surface area (Å²) in [7, 11) is 0. The van der Waals surface area contributed by atoms with Crippen LogP contribution in [0, 0.1) is 11.8 Å². The highest BCUT2D eigenvalue weighted by atomic mass is 16.3. The molecule has 2 unspecified atom stereocenters. The summed E-state index contributed by atoms with van der Waals surface area (Å²) in [6.07, 6.45) is 10.8. The SMILES string of the molecule is CCCC(O)(CCC)C1CCCCC1CC. The van der Waals surface area contributed by atoms with Gasteiger partial charge in [0, 0.05) is 0 Å². The van der Waals surface area contributed by atoms with Crippen LogP contribution in [0.15, 0.2) is 0 Å². The standard InChI is InChI=1S/C15H30O/c1-4-11-15(16,12-5-2)14-10-8-7-9-13(14)6-3/h13-14,16H,4-12H2,1-3H3. The molecule has 0 aromatic carbocycles. The van der Waals surface area contributed by atoms with Gasteiger partial charge in [0.15, 0.2) is 0 Å². The molecule has 0 heterocycles. The van der Waals surface area contributed by atoms with Crippen LogP contribution in [0.4, 0.5) is 0 Å². The smallest absolute Gasteiger partial charge is 0.0678 e. The zero-order valence-electron chi connectivity index (χ0n) is 11.5. The van der Waals surface area contributed by atoms with Crippen LogP contribution in [0.2, 0.25) is 0 Å². The van der Waals surface area contributed by atoms with Gasteiger partial charge in [-0.05, 0) is 31.1 Å². The van der Waals surface area contributed by atoms with Gasteiger partial charge in [-0.25, -0.2) is 0 Å². The van der Waals surface area contributed by atoms with Crippen molar-refractivity contribution in [3.05, 3.63) is 0 Å². The topological polar surface area (TPSA) is 20.2 Å². The van der Waals surface area contributed by atoms with E-state index in [0.29, 0.717) is 5.92 Å². The first-order valence-corrected chi connectivity index (χ1v) is 7.40. The summed E-state index contributed by atoms with van der Waals surface area (Å²) < 4.78 is 0. The zero-order chi connectivity index (χ0) is 12.0. The molecule has 2 atom stereocenters. The van der Waals surface area contributed by atoms with E-state index in [1.807, 2.05) is 0 Å². The average Bonchev–Trinajstić information content (AvgIpc) is 2.29. The summed E-state index contributed by atoms with van der Waals surface area (Å²) >= 11 is 0. The van der Waals surface area contributed by atoms with Gasteiger partial charge in [0.05, 0.1) is 5.60 Å². The van der Waals surface area contributed by atoms with E-state index in [-0.39, 0.29) is 5.60 Å². The summed E-state index contributed by atoms with van der Waals surface area (Å²) in [6, 6.07) is 0. The number of aliphatic hydroxyl groups is 1. The van der Waals surface area contributed by atoms with Gasteiger partial charge >= 0.3 is 0 Å². The predicted molar refractivity (Wildman–Crippen MR) is 70.5 cm³/mol. The molecule has 0 bridgehead atoms. The van der Waals surface area contributed by atoms with E-state index >= 15 is 0 Å². The third-order valence-electron chi connectivity index (χ3n) is 4.49. The lowest BCUT2D eigenvalue weighted by atomic mass is 9.66. The number of hydrogen-bond acceptors (Lipinski definition) is 1. The Morgan fingerprint density at radius 2 is 1.56 bits per heavy atom. The molecule has 1 saturated carbocycles. The van der Waals surface area contributed by atoms with Gasteiger partial charge in [-0.2, -0.15) is 0 Å². The van der Waals surface area contributed by atoms with E-state index in [4.69, 9.17) is 0 Å². The highest BCUT2D eigenvalue weighted by molar-refractivity contribution is 4.91. The molecular formula is C15H30O. The fourth-order valence-corrected chi connectivity index (χ4v) is 3.77. The van der Waals surface area contributed by atoms with Crippen molar-refractivity contribution in [3.8, 4) is 0 Å². The van der Waals surface area contributed by atoms with Crippen LogP contribution >= 0.6 is 0 Å². The van der Waals surface area contributed by atoms with Crippen LogP contribution in [0.25, 0.3) is 0 Å². The Balaban J connectivity index is 2.73. The first-order chi connectivity index (χ1) is 7.68. The fourth-order valence-electron chi connectivity index (χ4n) is 3.77. The maximum atomic E-state index is 10.9. The van der Waals surface area contributed by atoms with E-state index in [9.17, 15) is 5.11 Å². The maximum Gasteiger partial charge on any atom is 0.0678 e. The van der Waals surface area contributed by atoms with Gasteiger partial charge in [0.25, 0.3) is 0 Å². The zero-order valence-corrected chi connectivity index (χ0v) is 11.5. The summed E-state index contributed by atoms with van der Waals surface area (Å²) in [4.78, 5) is 0. The van der Waals surface area contributed by atoms with Gasteiger partial charge in [0.1, 0.15) is 0 Å². The monoisotopic (exact) mass is 226 g/mol. The molecule has 0 aliphatic heterocycles. The molecule has 1 fully saturated rings. The molecule has 1 nitrogen and oxygen atoms in total. The van der Waals surface area contributed by atoms with Gasteiger partial charge < -0.3 is 5.11 Å². The molecular weight excluding hydrogens is 196 g/mol. The Morgan fingerprint density at radius 1 is 1.00 bits per heavy atom. The van der Waals surface area contributed by atoms with Crippen molar-refractivity contribution in [2.24, 2.45) is 11.8 Å². The van der Waals surface area contributed by atoms with E-state index in [2.05, 4.69) is 20.8 Å². The minimum Gasteiger partial charge on any atom is -0.390 e. The van der Waals surface area contributed by atoms with Crippen molar-refractivity contribution >= 4 is 0 Å². The van der Waals surface area contributed by atoms with Crippen LogP contribution in [-0.4, -0.2) is 10.7 Å². The van der Waals surface area contributed by atoms with E-state index < -0.39 is 0 Å². The quantitative estimate of drug-likeness (QED) is 0.705. The average molecular weight is 226 g/mol. The molecule has 1 aliphatic rings. The second kappa shape index (κ2) is 6.64. The molecule has 0 aromatic heterocycles. The fraction of sp³-hybridized carbons (Fsp3) is 1.00. The Hall–Kier alpha value is -0.0400. The first kappa shape index (κ1) is 14.0. The van der Waals surface area contributed by atoms with Crippen molar-refractivity contribution < 1.29 is 5.11 Å². The van der Waals surface area contributed by atoms with Crippen LogP contribution in [-0.2, 0) is 0 Å². The normalized spacial score (nSPS) is 27.0. The van der Waals surface area contributed by atoms with E-state index in [0.717, 1.165) is 31.6 Å². The van der Waals surface area contributed by atoms with Gasteiger partial charge in [-0.15, -0.1) is 0 Å². The van der Waals surface area contributed by atoms with Crippen LogP contribution in [0.1, 0.15) is 78.6 Å². The predicted octanol–water partition coefficient (Wildman–Crippen LogP) is 4.53. The molecule has 1 heteroatoms. The largest absolute Gasteiger partial charge is 0.390 e. The lowest BCUT2D eigenvalue weighted by molar-refractivity contribution is -0.0714. The van der Waals surface area contributed by atoms with E-state index in [1.54, 1.807) is 0 Å². The van der Waals surface area contributed by atoms with Gasteiger partial charge in [0.2, 0.25) is 0 Å². The second-order valence-corrected chi connectivity index (χ2v) is 5.66. The lowest BCUT2D eigenvalue weighted by Crippen LogP contribution is -2.43. The summed E-state index contributed by atoms with van der Waals surface area (Å²) in [6.45, 7) is 6.69. The Bertz CT molecular complexity index is 182. The van der Waals surface area contributed by atoms with Crippen molar-refractivity contribution in [1.82, 2.24) is 0 Å². The molecule has 96 valence electrons. The Morgan fingerprint density at radius 3 is 2.06 bits per heavy atom. The Labute approximate surface area is 102 Å². The van der Waals surface area contributed by atoms with Crippen LogP contribution in [0.5, 0.6) is 0 Å². The highest BCUT2D eigenvalue weighted by Crippen LogP contribution is 2.43. The van der Waals surface area contributed by atoms with Crippen molar-refractivity contribution in [1.29, 1.82) is 0 Å². The number of hydrogen-bond donors (Lipinski definition) is 1. The summed E-state index contributed by atoms with van der Waals surface area (Å²) in [5, 5.41) is 10.9. The molecule has 0 radical (unpaired) electrons. The molecule has 1 rings (SSSR count). The molecule has 0 saturated heterocycles. The third kappa shape index (κ3) is 3.23. The van der Waals surface area contributed by atoms with Crippen LogP contribution < -0.4 is 0 Å². The van der Waals surface area contributed by atoms with Crippen molar-refractivity contribution in [3.63, 3.8) is 0 Å². The minimum absolute atomic E-state index is 0.357. The first-order valence-electron chi connectivity index (χ1n) is 7.40. The van der Waals surface area contributed by atoms with Crippen molar-refractivity contribution in [2.75, 3.05) is 0 Å². The molecule has 1 N–H and O–H groups in total. The minimum atomic E-state index is -0.357. The second-order valence-electron chi connectivity index (χ2n) is 5.66. The van der Waals surface area contributed by atoms with E-state index in [1.165, 1.54) is 32.1 Å². The molecule has 0 spiro atoms. The summed E-state index contributed by atoms with van der Waals surface area (Å²) in [5.41, 5.74) is -0.357. The van der Waals surface area contributed by atoms with Crippen molar-refractivity contribution in [2.45, 2.75) is 84.2 Å². The highest BCUT2D eigenvalue weighted by Gasteiger charge is 2.40. The Kier molecular flexibility index (Phi) is 5.82. The lowest BCUT2D eigenvalue weighted by Gasteiger charge is -2.43. The number of rotatable bonds is 6. The molecule has 0 amide bonds. The molecule has 16 heavy (non-hydrogen) atoms. The van der Waals surface area contributed by atoms with Gasteiger partial charge in [-0.1, -0.05) is 59.3 Å². The third-order valence-corrected chi connectivity index (χ3v) is 4.49.